The Kier molecular flexibility index (Phi) is 3.26. The van der Waals surface area contributed by atoms with Gasteiger partial charge in [-0.25, -0.2) is 0 Å². The van der Waals surface area contributed by atoms with Crippen LogP contribution < -0.4 is 0 Å². The quantitative estimate of drug-likeness (QED) is 0.390. The van der Waals surface area contributed by atoms with Crippen molar-refractivity contribution in [2.75, 3.05) is 0 Å². The first kappa shape index (κ1) is 9.23. The zero-order valence-electron chi connectivity index (χ0n) is 7.42. The van der Waals surface area contributed by atoms with Crippen molar-refractivity contribution in [3.05, 3.63) is 0 Å². The maximum atomic E-state index is 11.4. The van der Waals surface area contributed by atoms with E-state index in [0.29, 0.717) is 0 Å². The summed E-state index contributed by atoms with van der Waals surface area (Å²) in [6.45, 7) is 1.57. The number of hydrogen-bond donors (Lipinski definition) is 1. The third-order valence-corrected chi connectivity index (χ3v) is 2.48. The molecule has 68 valence electrons. The molecule has 0 spiro atoms. The lowest BCUT2D eigenvalue weighted by atomic mass is 9.85. The lowest BCUT2D eigenvalue weighted by molar-refractivity contribution is -0.117. The first-order chi connectivity index (χ1) is 5.75. The summed E-state index contributed by atoms with van der Waals surface area (Å²) < 4.78 is 0. The van der Waals surface area contributed by atoms with Gasteiger partial charge in [-0.2, -0.15) is 0 Å². The van der Waals surface area contributed by atoms with Crippen molar-refractivity contribution in [1.29, 1.82) is 0 Å². The van der Waals surface area contributed by atoms with Crippen molar-refractivity contribution in [2.24, 2.45) is 11.1 Å². The van der Waals surface area contributed by atoms with E-state index in [9.17, 15) is 4.79 Å². The lowest BCUT2D eigenvalue weighted by Crippen LogP contribution is -2.23. The second-order valence-corrected chi connectivity index (χ2v) is 3.38. The van der Waals surface area contributed by atoms with Crippen molar-refractivity contribution in [2.45, 2.75) is 39.0 Å². The number of oxime groups is 1. The van der Waals surface area contributed by atoms with E-state index < -0.39 is 0 Å². The van der Waals surface area contributed by atoms with Gasteiger partial charge < -0.3 is 5.21 Å². The van der Waals surface area contributed by atoms with Crippen LogP contribution in [0.15, 0.2) is 5.16 Å². The molecule has 12 heavy (non-hydrogen) atoms. The summed E-state index contributed by atoms with van der Waals surface area (Å²) >= 11 is 0. The Morgan fingerprint density at radius 1 is 1.33 bits per heavy atom. The number of ketones is 1. The molecular weight excluding hydrogens is 154 g/mol. The predicted molar refractivity (Wildman–Crippen MR) is 46.5 cm³/mol. The van der Waals surface area contributed by atoms with Crippen LogP contribution in [-0.2, 0) is 4.79 Å². The Labute approximate surface area is 72.5 Å². The number of carbonyl (C=O) groups excluding carboxylic acids is 1. The molecule has 1 aliphatic carbocycles. The molecule has 1 saturated carbocycles. The van der Waals surface area contributed by atoms with Crippen LogP contribution in [0.25, 0.3) is 0 Å². The fourth-order valence-corrected chi connectivity index (χ4v) is 1.71. The van der Waals surface area contributed by atoms with Gasteiger partial charge in [0.05, 0.1) is 0 Å². The summed E-state index contributed by atoms with van der Waals surface area (Å²) in [7, 11) is 0. The monoisotopic (exact) mass is 169 g/mol. The number of Topliss-reactive ketones (excluding diaryl/α,β-unsaturated/α-hetero) is 1. The highest BCUT2D eigenvalue weighted by molar-refractivity contribution is 6.39. The normalized spacial score (nSPS) is 20.9. The Morgan fingerprint density at radius 3 is 2.42 bits per heavy atom. The summed E-state index contributed by atoms with van der Waals surface area (Å²) in [6.07, 6.45) is 5.43. The highest BCUT2D eigenvalue weighted by Crippen LogP contribution is 2.24. The fraction of sp³-hybridized carbons (Fsp3) is 0.778. The molecule has 3 heteroatoms. The van der Waals surface area contributed by atoms with E-state index in [0.717, 1.165) is 25.7 Å². The van der Waals surface area contributed by atoms with Crippen LogP contribution in [0.2, 0.25) is 0 Å². The van der Waals surface area contributed by atoms with Crippen molar-refractivity contribution in [3.8, 4) is 0 Å². The zero-order chi connectivity index (χ0) is 8.97. The average molecular weight is 169 g/mol. The number of rotatable bonds is 2. The number of carbonyl (C=O) groups is 1. The SMILES string of the molecule is CC(=NO)C(=O)C1CCCCC1. The molecule has 1 rings (SSSR count). The van der Waals surface area contributed by atoms with Crippen molar-refractivity contribution in [1.82, 2.24) is 0 Å². The van der Waals surface area contributed by atoms with Gasteiger partial charge in [0.1, 0.15) is 5.71 Å². The van der Waals surface area contributed by atoms with E-state index in [1.165, 1.54) is 6.42 Å². The van der Waals surface area contributed by atoms with E-state index in [2.05, 4.69) is 5.16 Å². The molecule has 0 aromatic heterocycles. The van der Waals surface area contributed by atoms with Crippen LogP contribution in [0.4, 0.5) is 0 Å². The third kappa shape index (κ3) is 2.06. The van der Waals surface area contributed by atoms with Crippen LogP contribution in [0, 0.1) is 5.92 Å². The van der Waals surface area contributed by atoms with E-state index in [1.54, 1.807) is 6.92 Å². The third-order valence-electron chi connectivity index (χ3n) is 2.48. The molecule has 0 aliphatic heterocycles. The maximum absolute atomic E-state index is 11.4. The Balaban J connectivity index is 2.51. The van der Waals surface area contributed by atoms with Gasteiger partial charge in [0, 0.05) is 5.92 Å². The first-order valence-electron chi connectivity index (χ1n) is 4.48. The minimum Gasteiger partial charge on any atom is -0.411 e. The van der Waals surface area contributed by atoms with Crippen LogP contribution in [0.1, 0.15) is 39.0 Å². The van der Waals surface area contributed by atoms with Gasteiger partial charge in [0.15, 0.2) is 5.78 Å². The van der Waals surface area contributed by atoms with Gasteiger partial charge in [0.2, 0.25) is 0 Å². The standard InChI is InChI=1S/C9H15NO2/c1-7(10-12)9(11)8-5-3-2-4-6-8/h8,12H,2-6H2,1H3. The van der Waals surface area contributed by atoms with E-state index in [-0.39, 0.29) is 17.4 Å². The molecule has 0 aromatic carbocycles. The van der Waals surface area contributed by atoms with Crippen molar-refractivity contribution < 1.29 is 10.0 Å². The molecule has 0 radical (unpaired) electrons. The molecule has 0 atom stereocenters. The minimum atomic E-state index is 0.0252. The largest absolute Gasteiger partial charge is 0.411 e. The van der Waals surface area contributed by atoms with Crippen molar-refractivity contribution in [3.63, 3.8) is 0 Å². The lowest BCUT2D eigenvalue weighted by Gasteiger charge is -2.19. The van der Waals surface area contributed by atoms with Gasteiger partial charge in [-0.3, -0.25) is 4.79 Å². The highest BCUT2D eigenvalue weighted by atomic mass is 16.4. The molecular formula is C9H15NO2. The van der Waals surface area contributed by atoms with Gasteiger partial charge >= 0.3 is 0 Å². The molecule has 3 nitrogen and oxygen atoms in total. The van der Waals surface area contributed by atoms with Crippen LogP contribution in [-0.4, -0.2) is 16.7 Å². The second kappa shape index (κ2) is 4.24. The summed E-state index contributed by atoms with van der Waals surface area (Å²) in [5, 5.41) is 11.3. The predicted octanol–water partition coefficient (Wildman–Crippen LogP) is 1.99. The van der Waals surface area contributed by atoms with Crippen LogP contribution in [0.5, 0.6) is 0 Å². The average Bonchev–Trinajstić information content (AvgIpc) is 2.17. The molecule has 1 N–H and O–H groups in total. The summed E-state index contributed by atoms with van der Waals surface area (Å²) in [5.74, 6) is 0.145. The first-order valence-corrected chi connectivity index (χ1v) is 4.48. The van der Waals surface area contributed by atoms with Gasteiger partial charge in [-0.1, -0.05) is 24.4 Å². The zero-order valence-corrected chi connectivity index (χ0v) is 7.42. The Bertz CT molecular complexity index is 193. The smallest absolute Gasteiger partial charge is 0.183 e. The highest BCUT2D eigenvalue weighted by Gasteiger charge is 2.22. The topological polar surface area (TPSA) is 49.7 Å². The maximum Gasteiger partial charge on any atom is 0.183 e. The van der Waals surface area contributed by atoms with E-state index in [1.807, 2.05) is 0 Å². The number of nitrogens with zero attached hydrogens (tertiary/aromatic N) is 1. The summed E-state index contributed by atoms with van der Waals surface area (Å²) in [6, 6.07) is 0. The van der Waals surface area contributed by atoms with E-state index in [4.69, 9.17) is 5.21 Å². The van der Waals surface area contributed by atoms with Crippen molar-refractivity contribution >= 4 is 11.5 Å². The van der Waals surface area contributed by atoms with E-state index >= 15 is 0 Å². The van der Waals surface area contributed by atoms with Gasteiger partial charge in [0.25, 0.3) is 0 Å². The molecule has 0 aromatic rings. The Morgan fingerprint density at radius 2 is 1.92 bits per heavy atom. The van der Waals surface area contributed by atoms with Gasteiger partial charge in [-0.05, 0) is 19.8 Å². The molecule has 1 aliphatic rings. The van der Waals surface area contributed by atoms with Crippen LogP contribution >= 0.6 is 0 Å². The molecule has 0 bridgehead atoms. The van der Waals surface area contributed by atoms with Crippen LogP contribution in [0.3, 0.4) is 0 Å². The van der Waals surface area contributed by atoms with Gasteiger partial charge in [-0.15, -0.1) is 0 Å². The minimum absolute atomic E-state index is 0.0252. The molecule has 0 unspecified atom stereocenters. The molecule has 0 heterocycles. The molecule has 0 saturated heterocycles. The summed E-state index contributed by atoms with van der Waals surface area (Å²) in [5.41, 5.74) is 0.252. The molecule has 0 amide bonds. The second-order valence-electron chi connectivity index (χ2n) is 3.38. The number of hydrogen-bond acceptors (Lipinski definition) is 3. The molecule has 1 fully saturated rings. The fourth-order valence-electron chi connectivity index (χ4n) is 1.71. The summed E-state index contributed by atoms with van der Waals surface area (Å²) in [4.78, 5) is 11.4. The Hall–Kier alpha value is -0.860.